The quantitative estimate of drug-likeness (QED) is 0.463. The monoisotopic (exact) mass is 378 g/mol. The maximum Gasteiger partial charge on any atom is 0.340 e. The van der Waals surface area contributed by atoms with E-state index in [2.05, 4.69) is 15.9 Å². The second-order valence-electron chi connectivity index (χ2n) is 4.81. The first-order valence-corrected chi connectivity index (χ1v) is 8.03. The van der Waals surface area contributed by atoms with E-state index in [0.717, 1.165) is 5.69 Å². The van der Waals surface area contributed by atoms with Crippen LogP contribution in [-0.4, -0.2) is 23.1 Å². The highest BCUT2D eigenvalue weighted by atomic mass is 79.9. The summed E-state index contributed by atoms with van der Waals surface area (Å²) < 4.78 is 12.0. The van der Waals surface area contributed by atoms with E-state index in [4.69, 9.17) is 9.47 Å². The summed E-state index contributed by atoms with van der Waals surface area (Å²) in [6.45, 7) is 3.24. The van der Waals surface area contributed by atoms with Crippen molar-refractivity contribution in [3.8, 4) is 11.8 Å². The maximum absolute atomic E-state index is 12.3. The van der Waals surface area contributed by atoms with Crippen LogP contribution in [0.1, 0.15) is 35.5 Å². The van der Waals surface area contributed by atoms with E-state index in [1.54, 1.807) is 20.0 Å². The molecule has 120 valence electrons. The second-order valence-corrected chi connectivity index (χ2v) is 5.37. The highest BCUT2D eigenvalue weighted by Gasteiger charge is 2.23. The number of carbonyl (C=O) groups is 2. The Kier molecular flexibility index (Phi) is 5.06. The molecule has 0 bridgehead atoms. The number of halogens is 1. The van der Waals surface area contributed by atoms with Gasteiger partial charge in [0.05, 0.1) is 23.3 Å². The number of rotatable bonds is 4. The van der Waals surface area contributed by atoms with Crippen LogP contribution < -0.4 is 4.74 Å². The molecule has 0 atom stereocenters. The molecule has 0 aliphatic rings. The first-order valence-electron chi connectivity index (χ1n) is 6.91. The average Bonchev–Trinajstić information content (AvgIpc) is 2.77. The number of ether oxygens (including phenoxy) is 2. The molecular formula is C16H15BrN2O4. The summed E-state index contributed by atoms with van der Waals surface area (Å²) in [4.78, 5) is 23.5. The lowest BCUT2D eigenvalue weighted by Crippen LogP contribution is -2.08. The summed E-state index contributed by atoms with van der Waals surface area (Å²) in [6, 6.07) is 5.14. The molecule has 0 fully saturated rings. The Hall–Kier alpha value is -2.33. The zero-order chi connectivity index (χ0) is 17.1. The van der Waals surface area contributed by atoms with Crippen molar-refractivity contribution in [2.45, 2.75) is 19.2 Å². The zero-order valence-corrected chi connectivity index (χ0v) is 14.6. The van der Waals surface area contributed by atoms with Crippen molar-refractivity contribution >= 4 is 38.8 Å². The van der Waals surface area contributed by atoms with Crippen LogP contribution in [0.15, 0.2) is 12.1 Å². The fourth-order valence-electron chi connectivity index (χ4n) is 2.43. The Balaban J connectivity index is 2.81. The molecule has 2 aromatic rings. The Morgan fingerprint density at radius 2 is 2.09 bits per heavy atom. The number of aromatic nitrogens is 1. The summed E-state index contributed by atoms with van der Waals surface area (Å²) in [5.41, 5.74) is 2.04. The van der Waals surface area contributed by atoms with Crippen molar-refractivity contribution in [1.82, 2.24) is 4.57 Å². The van der Waals surface area contributed by atoms with Crippen LogP contribution in [0.25, 0.3) is 10.9 Å². The molecule has 7 heteroatoms. The number of carbonyl (C=O) groups excluding carboxylic acids is 2. The van der Waals surface area contributed by atoms with Crippen LogP contribution >= 0.6 is 15.9 Å². The van der Waals surface area contributed by atoms with Crippen molar-refractivity contribution in [3.63, 3.8) is 0 Å². The van der Waals surface area contributed by atoms with Gasteiger partial charge in [-0.15, -0.1) is 0 Å². The number of benzene rings is 1. The van der Waals surface area contributed by atoms with Crippen LogP contribution in [0.4, 0.5) is 0 Å². The summed E-state index contributed by atoms with van der Waals surface area (Å²) in [6.07, 6.45) is 0. The molecule has 0 radical (unpaired) electrons. The highest BCUT2D eigenvalue weighted by molar-refractivity contribution is 9.08. The van der Waals surface area contributed by atoms with Gasteiger partial charge in [-0.2, -0.15) is 5.26 Å². The molecule has 6 nitrogen and oxygen atoms in total. The van der Waals surface area contributed by atoms with Gasteiger partial charge in [0.15, 0.2) is 0 Å². The highest BCUT2D eigenvalue weighted by Crippen LogP contribution is 2.33. The van der Waals surface area contributed by atoms with E-state index < -0.39 is 11.9 Å². The fourth-order valence-corrected chi connectivity index (χ4v) is 3.09. The van der Waals surface area contributed by atoms with E-state index in [1.807, 2.05) is 10.6 Å². The number of nitrogens with zero attached hydrogens (tertiary/aromatic N) is 2. The molecule has 0 aliphatic carbocycles. The molecule has 0 aliphatic heterocycles. The first-order chi connectivity index (χ1) is 10.9. The van der Waals surface area contributed by atoms with Crippen LogP contribution in [0, 0.1) is 11.3 Å². The maximum atomic E-state index is 12.3. The number of hydrogen-bond donors (Lipinski definition) is 0. The molecule has 1 aromatic heterocycles. The topological polar surface area (TPSA) is 81.3 Å². The predicted octanol–water partition coefficient (Wildman–Crippen LogP) is 3.05. The van der Waals surface area contributed by atoms with Crippen molar-refractivity contribution in [3.05, 3.63) is 29.0 Å². The molecule has 23 heavy (non-hydrogen) atoms. The third-order valence-corrected chi connectivity index (χ3v) is 3.93. The summed E-state index contributed by atoms with van der Waals surface area (Å²) in [5.74, 6) is -0.856. The van der Waals surface area contributed by atoms with Gasteiger partial charge in [0.1, 0.15) is 11.8 Å². The molecule has 0 N–H and O–H groups in total. The third-order valence-electron chi connectivity index (χ3n) is 3.40. The predicted molar refractivity (Wildman–Crippen MR) is 87.5 cm³/mol. The lowest BCUT2D eigenvalue weighted by Gasteiger charge is -2.05. The van der Waals surface area contributed by atoms with Gasteiger partial charge < -0.3 is 14.0 Å². The van der Waals surface area contributed by atoms with Crippen LogP contribution in [-0.2, 0) is 21.9 Å². The largest absolute Gasteiger partial charge is 0.462 e. The Labute approximate surface area is 141 Å². The molecule has 0 amide bonds. The van der Waals surface area contributed by atoms with Gasteiger partial charge in [-0.3, -0.25) is 4.79 Å². The van der Waals surface area contributed by atoms with Gasteiger partial charge in [-0.1, -0.05) is 15.9 Å². The summed E-state index contributed by atoms with van der Waals surface area (Å²) in [7, 11) is 1.80. The van der Waals surface area contributed by atoms with Gasteiger partial charge >= 0.3 is 11.9 Å². The number of hydrogen-bond acceptors (Lipinski definition) is 5. The van der Waals surface area contributed by atoms with E-state index in [1.165, 1.54) is 13.0 Å². The van der Waals surface area contributed by atoms with Crippen molar-refractivity contribution in [1.29, 1.82) is 5.26 Å². The third kappa shape index (κ3) is 3.08. The zero-order valence-electron chi connectivity index (χ0n) is 13.0. The van der Waals surface area contributed by atoms with Gasteiger partial charge in [0.2, 0.25) is 0 Å². The summed E-state index contributed by atoms with van der Waals surface area (Å²) in [5, 5.41) is 10.3. The van der Waals surface area contributed by atoms with E-state index >= 15 is 0 Å². The first kappa shape index (κ1) is 17.0. The van der Waals surface area contributed by atoms with Crippen molar-refractivity contribution in [2.75, 3.05) is 6.61 Å². The molecule has 0 saturated carbocycles. The van der Waals surface area contributed by atoms with Gasteiger partial charge in [0.25, 0.3) is 0 Å². The molecule has 1 aromatic carbocycles. The smallest absolute Gasteiger partial charge is 0.340 e. The minimum atomic E-state index is -0.532. The van der Waals surface area contributed by atoms with E-state index in [0.29, 0.717) is 21.8 Å². The Bertz CT molecular complexity index is 833. The lowest BCUT2D eigenvalue weighted by molar-refractivity contribution is -0.131. The molecule has 0 unspecified atom stereocenters. The number of nitriles is 1. The summed E-state index contributed by atoms with van der Waals surface area (Å²) >= 11 is 3.37. The molecule has 2 rings (SSSR count). The minimum absolute atomic E-state index is 0.129. The van der Waals surface area contributed by atoms with Crippen LogP contribution in [0.3, 0.4) is 0 Å². The van der Waals surface area contributed by atoms with Gasteiger partial charge in [0, 0.05) is 30.4 Å². The molecule has 0 spiro atoms. The van der Waals surface area contributed by atoms with E-state index in [-0.39, 0.29) is 17.9 Å². The van der Waals surface area contributed by atoms with Crippen LogP contribution in [0.2, 0.25) is 0 Å². The number of esters is 2. The van der Waals surface area contributed by atoms with Crippen molar-refractivity contribution < 1.29 is 19.1 Å². The van der Waals surface area contributed by atoms with Crippen molar-refractivity contribution in [2.24, 2.45) is 7.05 Å². The van der Waals surface area contributed by atoms with Crippen LogP contribution in [0.5, 0.6) is 5.75 Å². The molecule has 1 heterocycles. The SMILES string of the molecule is CCOC(=O)c1c(CBr)n(C)c2cc(C#N)c(OC(C)=O)cc12. The lowest BCUT2D eigenvalue weighted by atomic mass is 10.1. The fraction of sp³-hybridized carbons (Fsp3) is 0.312. The Morgan fingerprint density at radius 3 is 2.61 bits per heavy atom. The van der Waals surface area contributed by atoms with Gasteiger partial charge in [-0.25, -0.2) is 4.79 Å². The van der Waals surface area contributed by atoms with E-state index in [9.17, 15) is 14.9 Å². The van der Waals surface area contributed by atoms with Gasteiger partial charge in [-0.05, 0) is 19.1 Å². The molecular weight excluding hydrogens is 364 g/mol. The number of alkyl halides is 1. The normalized spacial score (nSPS) is 10.4. The number of fused-ring (bicyclic) bond motifs is 1. The second kappa shape index (κ2) is 6.84. The minimum Gasteiger partial charge on any atom is -0.462 e. The average molecular weight is 379 g/mol. The standard InChI is InChI=1S/C16H15BrN2O4/c1-4-22-16(21)15-11-6-14(23-9(2)20)10(8-18)5-12(11)19(3)13(15)7-17/h5-6H,4,7H2,1-3H3. The number of aryl methyl sites for hydroxylation is 1. The Morgan fingerprint density at radius 1 is 1.39 bits per heavy atom. The molecule has 0 saturated heterocycles.